The van der Waals surface area contributed by atoms with E-state index in [-0.39, 0.29) is 35.0 Å². The van der Waals surface area contributed by atoms with Gasteiger partial charge in [0, 0.05) is 29.5 Å². The Labute approximate surface area is 325 Å². The first-order chi connectivity index (χ1) is 26.6. The zero-order valence-electron chi connectivity index (χ0n) is 32.9. The van der Waals surface area contributed by atoms with Gasteiger partial charge in [-0.3, -0.25) is 14.1 Å². The monoisotopic (exact) mass is 762 g/mol. The molecule has 4 aromatic carbocycles. The van der Waals surface area contributed by atoms with Crippen molar-refractivity contribution in [2.24, 2.45) is 46.3 Å². The van der Waals surface area contributed by atoms with Gasteiger partial charge in [-0.05, 0) is 132 Å². The van der Waals surface area contributed by atoms with Crippen LogP contribution in [-0.2, 0) is 19.1 Å². The quantitative estimate of drug-likeness (QED) is 0.153. The molecule has 0 saturated heterocycles. The number of esters is 2. The van der Waals surface area contributed by atoms with E-state index in [1.165, 1.54) is 26.4 Å². The van der Waals surface area contributed by atoms with E-state index in [2.05, 4.69) is 93.6 Å². The van der Waals surface area contributed by atoms with E-state index < -0.39 is 8.24 Å². The van der Waals surface area contributed by atoms with Crippen molar-refractivity contribution in [2.75, 3.05) is 7.11 Å². The average molecular weight is 763 g/mol. The summed E-state index contributed by atoms with van der Waals surface area (Å²) in [5, 5.41) is 6.67. The van der Waals surface area contributed by atoms with Crippen molar-refractivity contribution in [1.29, 1.82) is 0 Å². The molecule has 0 aliphatic heterocycles. The minimum absolute atomic E-state index is 0.0168. The molecule has 290 valence electrons. The lowest BCUT2D eigenvalue weighted by Crippen LogP contribution is -2.60. The van der Waals surface area contributed by atoms with Gasteiger partial charge in [0.1, 0.15) is 17.3 Å². The van der Waals surface area contributed by atoms with Crippen molar-refractivity contribution >= 4 is 63.7 Å². The van der Waals surface area contributed by atoms with Crippen LogP contribution in [-0.4, -0.2) is 31.3 Å². The third-order valence-corrected chi connectivity index (χ3v) is 16.5. The largest absolute Gasteiger partial charge is 0.469 e. The number of benzene rings is 4. The smallest absolute Gasteiger partial charge is 0.387 e. The van der Waals surface area contributed by atoms with E-state index in [4.69, 9.17) is 22.4 Å². The van der Waals surface area contributed by atoms with Gasteiger partial charge in [0.25, 0.3) is 0 Å². The zero-order valence-corrected chi connectivity index (χ0v) is 33.8. The highest BCUT2D eigenvalue weighted by Crippen LogP contribution is 2.69. The number of carbonyl (C=O) groups is 2. The molecule has 10 atom stereocenters. The molecule has 5 aromatic rings. The van der Waals surface area contributed by atoms with Gasteiger partial charge in [0.2, 0.25) is 0 Å². The fraction of sp³-hybridized carbons (Fsp3) is 0.532. The summed E-state index contributed by atoms with van der Waals surface area (Å²) in [6.07, 6.45) is 9.74. The summed E-state index contributed by atoms with van der Waals surface area (Å²) < 4.78 is 32.4. The maximum atomic E-state index is 12.4. The second-order valence-corrected chi connectivity index (χ2v) is 18.9. The summed E-state index contributed by atoms with van der Waals surface area (Å²) in [6, 6.07) is 25.5. The molecule has 4 fully saturated rings. The molecule has 0 radical (unpaired) electrons. The van der Waals surface area contributed by atoms with Gasteiger partial charge in [0.05, 0.1) is 13.2 Å². The van der Waals surface area contributed by atoms with Crippen molar-refractivity contribution in [2.45, 2.75) is 104 Å². The van der Waals surface area contributed by atoms with E-state index in [1.54, 1.807) is 6.92 Å². The van der Waals surface area contributed by atoms with Crippen LogP contribution in [0.5, 0.6) is 0 Å². The number of hydrogen-bond donors (Lipinski definition) is 0. The van der Waals surface area contributed by atoms with Crippen LogP contribution in [0.15, 0.2) is 81.2 Å². The second kappa shape index (κ2) is 14.3. The topological polar surface area (TPSA) is 88.1 Å². The second-order valence-electron chi connectivity index (χ2n) is 17.9. The van der Waals surface area contributed by atoms with Gasteiger partial charge in [0.15, 0.2) is 0 Å². The molecule has 0 bridgehead atoms. The molecule has 8 heteroatoms. The van der Waals surface area contributed by atoms with E-state index in [0.717, 1.165) is 82.0 Å². The first-order valence-electron chi connectivity index (χ1n) is 20.7. The van der Waals surface area contributed by atoms with Crippen LogP contribution in [0.1, 0.15) is 91.9 Å². The summed E-state index contributed by atoms with van der Waals surface area (Å²) in [5.41, 5.74) is 1.61. The van der Waals surface area contributed by atoms with E-state index in [1.807, 2.05) is 0 Å². The Bertz CT molecular complexity index is 2220. The standard InChI is InChI=1S/C47H55O7P/c1-28(14-23-43(49)50-5)37-19-20-38-36-18-17-32-26-33(51-29(2)48)24-25-46(32,3)39(36)27-42(47(37,38)4)54-55-52-40-21-15-30-10-6-8-12-34(30)44(40)45-35-13-9-7-11-31(35)16-22-41(45)53-55/h6-13,15-16,21-22,28,32-33,36-39,42H,14,17-20,23-27H2,1-5H3/t28-,32?,33-,36+,37-,38+,39+,42+,46+,47-/m1/s1. The average Bonchev–Trinajstić information content (AvgIpc) is 3.46. The van der Waals surface area contributed by atoms with Gasteiger partial charge >= 0.3 is 20.2 Å². The number of ether oxygens (including phenoxy) is 2. The number of carbonyl (C=O) groups excluding carboxylic acids is 2. The number of methoxy groups -OCH3 is 1. The van der Waals surface area contributed by atoms with E-state index in [0.29, 0.717) is 41.9 Å². The van der Waals surface area contributed by atoms with Crippen molar-refractivity contribution in [3.8, 4) is 0 Å². The summed E-state index contributed by atoms with van der Waals surface area (Å²) in [4.78, 5) is 24.3. The molecular formula is C47H55O7P. The molecule has 1 unspecified atom stereocenters. The minimum atomic E-state index is -1.83. The van der Waals surface area contributed by atoms with Crippen molar-refractivity contribution in [3.63, 3.8) is 0 Å². The molecule has 1 aromatic heterocycles. The lowest BCUT2D eigenvalue weighted by Gasteiger charge is -2.62. The molecule has 7 nitrogen and oxygen atoms in total. The SMILES string of the molecule is COC(=O)CC[C@@H](C)[C@H]1CC[C@H]2[C@@H]3CCC4C[C@H](OC(C)=O)CC[C@]4(C)[C@H]3C[C@H](Op3oc4ccc5ccccc5c4c4c(ccc5ccccc54)o3)[C@]12C. The lowest BCUT2D eigenvalue weighted by molar-refractivity contribution is -0.172. The van der Waals surface area contributed by atoms with Gasteiger partial charge < -0.3 is 17.9 Å². The lowest BCUT2D eigenvalue weighted by atomic mass is 9.43. The molecule has 55 heavy (non-hydrogen) atoms. The first-order valence-corrected chi connectivity index (χ1v) is 21.8. The van der Waals surface area contributed by atoms with Crippen molar-refractivity contribution in [1.82, 2.24) is 0 Å². The molecule has 4 aliphatic rings. The predicted molar refractivity (Wildman–Crippen MR) is 218 cm³/mol. The molecule has 4 aliphatic carbocycles. The Morgan fingerprint density at radius 2 is 1.47 bits per heavy atom. The first kappa shape index (κ1) is 36.8. The molecule has 4 saturated carbocycles. The summed E-state index contributed by atoms with van der Waals surface area (Å²) >= 11 is 0. The Kier molecular flexibility index (Phi) is 9.57. The fourth-order valence-corrected chi connectivity index (χ4v) is 14.0. The summed E-state index contributed by atoms with van der Waals surface area (Å²) in [6.45, 7) is 8.92. The Morgan fingerprint density at radius 3 is 2.11 bits per heavy atom. The molecule has 0 amide bonds. The number of fused-ring (bicyclic) bond motifs is 12. The highest BCUT2D eigenvalue weighted by Gasteiger charge is 2.65. The number of hydrogen-bond acceptors (Lipinski definition) is 7. The Balaban J connectivity index is 1.17. The summed E-state index contributed by atoms with van der Waals surface area (Å²) in [7, 11) is -0.344. The molecular weight excluding hydrogens is 707 g/mol. The molecule has 0 spiro atoms. The van der Waals surface area contributed by atoms with Crippen molar-refractivity contribution < 1.29 is 32.0 Å². The summed E-state index contributed by atoms with van der Waals surface area (Å²) in [5.74, 6) is 2.55. The third kappa shape index (κ3) is 6.20. The highest BCUT2D eigenvalue weighted by molar-refractivity contribution is 7.31. The van der Waals surface area contributed by atoms with Gasteiger partial charge in [-0.25, -0.2) is 0 Å². The van der Waals surface area contributed by atoms with Crippen LogP contribution >= 0.6 is 8.24 Å². The van der Waals surface area contributed by atoms with Crippen LogP contribution in [0.4, 0.5) is 0 Å². The van der Waals surface area contributed by atoms with Crippen molar-refractivity contribution in [3.05, 3.63) is 72.8 Å². The maximum absolute atomic E-state index is 12.4. The molecule has 9 rings (SSSR count). The number of rotatable bonds is 7. The van der Waals surface area contributed by atoms with Crippen LogP contribution in [0.25, 0.3) is 43.5 Å². The van der Waals surface area contributed by atoms with Gasteiger partial charge in [-0.15, -0.1) is 0 Å². The Hall–Kier alpha value is -3.80. The zero-order chi connectivity index (χ0) is 38.1. The normalized spacial score (nSPS) is 32.1. The van der Waals surface area contributed by atoms with Crippen LogP contribution in [0.2, 0.25) is 0 Å². The van der Waals surface area contributed by atoms with E-state index in [9.17, 15) is 9.59 Å². The molecule has 0 N–H and O–H groups in total. The third-order valence-electron chi connectivity index (χ3n) is 15.4. The van der Waals surface area contributed by atoms with Gasteiger partial charge in [-0.2, -0.15) is 0 Å². The van der Waals surface area contributed by atoms with Crippen LogP contribution in [0, 0.1) is 46.3 Å². The van der Waals surface area contributed by atoms with Gasteiger partial charge in [-0.1, -0.05) is 81.4 Å². The highest BCUT2D eigenvalue weighted by atomic mass is 31.1. The predicted octanol–water partition coefficient (Wildman–Crippen LogP) is 12.2. The Morgan fingerprint density at radius 1 is 0.818 bits per heavy atom. The van der Waals surface area contributed by atoms with Crippen LogP contribution in [0.3, 0.4) is 0 Å². The maximum Gasteiger partial charge on any atom is 0.387 e. The van der Waals surface area contributed by atoms with E-state index >= 15 is 0 Å². The minimum Gasteiger partial charge on any atom is -0.469 e. The molecule has 1 heterocycles. The van der Waals surface area contributed by atoms with Crippen LogP contribution < -0.4 is 4.52 Å². The fourth-order valence-electron chi connectivity index (χ4n) is 12.8.